The first kappa shape index (κ1) is 19.5. The number of guanidine groups is 1. The van der Waals surface area contributed by atoms with Crippen LogP contribution in [0.2, 0.25) is 0 Å². The van der Waals surface area contributed by atoms with Crippen LogP contribution in [0.4, 0.5) is 0 Å². The third-order valence-electron chi connectivity index (χ3n) is 4.52. The largest absolute Gasteiger partial charge is 0.465 e. The van der Waals surface area contributed by atoms with Crippen LogP contribution in [0.5, 0.6) is 0 Å². The van der Waals surface area contributed by atoms with E-state index in [9.17, 15) is 0 Å². The number of morpholine rings is 1. The predicted octanol–water partition coefficient (Wildman–Crippen LogP) is 2.15. The molecule has 1 atom stereocenters. The highest BCUT2D eigenvalue weighted by molar-refractivity contribution is 14.0. The molecular weight excluding hydrogens is 419 g/mol. The van der Waals surface area contributed by atoms with Crippen molar-refractivity contribution in [1.29, 1.82) is 0 Å². The van der Waals surface area contributed by atoms with Crippen LogP contribution in [0, 0.1) is 12.8 Å². The molecular formula is C17H29IN4O2. The van der Waals surface area contributed by atoms with Gasteiger partial charge < -0.3 is 19.8 Å². The molecule has 2 N–H and O–H groups in total. The number of rotatable bonds is 6. The fourth-order valence-corrected chi connectivity index (χ4v) is 2.91. The van der Waals surface area contributed by atoms with Crippen LogP contribution in [-0.4, -0.2) is 57.3 Å². The first-order chi connectivity index (χ1) is 11.3. The Morgan fingerprint density at radius 3 is 2.62 bits per heavy atom. The van der Waals surface area contributed by atoms with Gasteiger partial charge in [-0.2, -0.15) is 0 Å². The van der Waals surface area contributed by atoms with Gasteiger partial charge in [0.2, 0.25) is 0 Å². The minimum absolute atomic E-state index is 0. The third-order valence-corrected chi connectivity index (χ3v) is 4.52. The number of hydrogen-bond donors (Lipinski definition) is 2. The van der Waals surface area contributed by atoms with Gasteiger partial charge in [-0.1, -0.05) is 0 Å². The lowest BCUT2D eigenvalue weighted by Gasteiger charge is -2.33. The quantitative estimate of drug-likeness (QED) is 0.397. The Labute approximate surface area is 161 Å². The van der Waals surface area contributed by atoms with Crippen LogP contribution in [-0.2, 0) is 4.74 Å². The van der Waals surface area contributed by atoms with Gasteiger partial charge >= 0.3 is 0 Å². The summed E-state index contributed by atoms with van der Waals surface area (Å²) in [7, 11) is 1.82. The van der Waals surface area contributed by atoms with Crippen molar-refractivity contribution in [3.05, 3.63) is 23.7 Å². The van der Waals surface area contributed by atoms with E-state index in [1.807, 2.05) is 20.0 Å². The zero-order valence-electron chi connectivity index (χ0n) is 14.6. The lowest BCUT2D eigenvalue weighted by molar-refractivity contribution is 0.0124. The lowest BCUT2D eigenvalue weighted by atomic mass is 10.1. The van der Waals surface area contributed by atoms with Crippen molar-refractivity contribution < 1.29 is 9.15 Å². The van der Waals surface area contributed by atoms with Gasteiger partial charge in [-0.15, -0.1) is 24.0 Å². The molecule has 24 heavy (non-hydrogen) atoms. The zero-order chi connectivity index (χ0) is 16.1. The van der Waals surface area contributed by atoms with Gasteiger partial charge in [-0.05, 0) is 37.8 Å². The first-order valence-electron chi connectivity index (χ1n) is 8.59. The summed E-state index contributed by atoms with van der Waals surface area (Å²) < 4.78 is 11.4. The van der Waals surface area contributed by atoms with Crippen LogP contribution in [0.1, 0.15) is 30.4 Å². The molecule has 1 aromatic rings. The van der Waals surface area contributed by atoms with E-state index in [0.717, 1.165) is 62.8 Å². The molecule has 1 saturated carbocycles. The molecule has 0 amide bonds. The zero-order valence-corrected chi connectivity index (χ0v) is 16.9. The Bertz CT molecular complexity index is 524. The second kappa shape index (κ2) is 9.62. The fraction of sp³-hybridized carbons (Fsp3) is 0.706. The van der Waals surface area contributed by atoms with Gasteiger partial charge in [0.15, 0.2) is 5.96 Å². The van der Waals surface area contributed by atoms with Crippen molar-refractivity contribution in [3.63, 3.8) is 0 Å². The predicted molar refractivity (Wildman–Crippen MR) is 106 cm³/mol. The number of nitrogens with one attached hydrogen (secondary N) is 2. The number of hydrogen-bond acceptors (Lipinski definition) is 4. The van der Waals surface area contributed by atoms with E-state index in [1.54, 1.807) is 0 Å². The van der Waals surface area contributed by atoms with Crippen LogP contribution in [0.3, 0.4) is 0 Å². The van der Waals surface area contributed by atoms with Crippen LogP contribution in [0.15, 0.2) is 21.5 Å². The van der Waals surface area contributed by atoms with Gasteiger partial charge in [0, 0.05) is 33.2 Å². The average molecular weight is 448 g/mol. The number of ether oxygens (including phenoxy) is 1. The molecule has 1 unspecified atom stereocenters. The highest BCUT2D eigenvalue weighted by atomic mass is 127. The Balaban J connectivity index is 0.00000208. The summed E-state index contributed by atoms with van der Waals surface area (Å²) in [6.07, 6.45) is 2.68. The van der Waals surface area contributed by atoms with Crippen molar-refractivity contribution in [3.8, 4) is 0 Å². The molecule has 1 aromatic heterocycles. The maximum absolute atomic E-state index is 5.89. The van der Waals surface area contributed by atoms with Crippen molar-refractivity contribution in [2.24, 2.45) is 10.9 Å². The van der Waals surface area contributed by atoms with Crippen molar-refractivity contribution in [2.45, 2.75) is 25.8 Å². The van der Waals surface area contributed by atoms with E-state index in [-0.39, 0.29) is 30.0 Å². The minimum Gasteiger partial charge on any atom is -0.465 e. The third kappa shape index (κ3) is 5.63. The van der Waals surface area contributed by atoms with Gasteiger partial charge in [-0.3, -0.25) is 9.89 Å². The number of aliphatic imine (C=N–C) groups is 1. The van der Waals surface area contributed by atoms with Gasteiger partial charge in [0.05, 0.1) is 19.3 Å². The minimum atomic E-state index is 0. The second-order valence-corrected chi connectivity index (χ2v) is 6.39. The topological polar surface area (TPSA) is 62.0 Å². The molecule has 2 heterocycles. The first-order valence-corrected chi connectivity index (χ1v) is 8.59. The number of furan rings is 1. The standard InChI is InChI=1S/C17H28N4O2.HI/c1-13-3-6-16(23-13)15(21-7-9-22-10-8-21)12-20-17(18-2)19-11-14-4-5-14;/h3,6,14-15H,4-5,7-12H2,1-2H3,(H2,18,19,20);1H. The molecule has 2 aliphatic rings. The van der Waals surface area contributed by atoms with Crippen LogP contribution in [0.25, 0.3) is 0 Å². The van der Waals surface area contributed by atoms with Crippen molar-refractivity contribution in [2.75, 3.05) is 46.4 Å². The molecule has 2 fully saturated rings. The highest BCUT2D eigenvalue weighted by Gasteiger charge is 2.26. The van der Waals surface area contributed by atoms with E-state index in [0.29, 0.717) is 0 Å². The number of halogens is 1. The molecule has 1 aliphatic carbocycles. The molecule has 0 radical (unpaired) electrons. The van der Waals surface area contributed by atoms with Gasteiger partial charge in [-0.25, -0.2) is 0 Å². The van der Waals surface area contributed by atoms with E-state index in [4.69, 9.17) is 9.15 Å². The molecule has 7 heteroatoms. The maximum atomic E-state index is 5.89. The molecule has 3 rings (SSSR count). The monoisotopic (exact) mass is 448 g/mol. The molecule has 136 valence electrons. The van der Waals surface area contributed by atoms with E-state index >= 15 is 0 Å². The smallest absolute Gasteiger partial charge is 0.191 e. The molecule has 0 bridgehead atoms. The van der Waals surface area contributed by atoms with E-state index in [1.165, 1.54) is 12.8 Å². The van der Waals surface area contributed by atoms with Crippen LogP contribution < -0.4 is 10.6 Å². The van der Waals surface area contributed by atoms with Crippen LogP contribution >= 0.6 is 24.0 Å². The Hall–Kier alpha value is -0.800. The molecule has 0 spiro atoms. The Kier molecular flexibility index (Phi) is 7.83. The van der Waals surface area contributed by atoms with E-state index in [2.05, 4.69) is 26.6 Å². The normalized spacial score (nSPS) is 20.3. The molecule has 1 aliphatic heterocycles. The maximum Gasteiger partial charge on any atom is 0.191 e. The SMILES string of the molecule is CN=C(NCC1CC1)NCC(c1ccc(C)o1)N1CCOCC1.I. The summed E-state index contributed by atoms with van der Waals surface area (Å²) in [5.41, 5.74) is 0. The number of aryl methyl sites for hydroxylation is 1. The summed E-state index contributed by atoms with van der Waals surface area (Å²) in [4.78, 5) is 6.74. The number of nitrogens with zero attached hydrogens (tertiary/aromatic N) is 2. The Morgan fingerprint density at radius 1 is 1.29 bits per heavy atom. The summed E-state index contributed by atoms with van der Waals surface area (Å²) in [6, 6.07) is 4.31. The summed E-state index contributed by atoms with van der Waals surface area (Å²) >= 11 is 0. The summed E-state index contributed by atoms with van der Waals surface area (Å²) in [6.45, 7) is 7.21. The fourth-order valence-electron chi connectivity index (χ4n) is 2.91. The van der Waals surface area contributed by atoms with Gasteiger partial charge in [0.1, 0.15) is 11.5 Å². The second-order valence-electron chi connectivity index (χ2n) is 6.39. The van der Waals surface area contributed by atoms with Crippen molar-refractivity contribution in [1.82, 2.24) is 15.5 Å². The van der Waals surface area contributed by atoms with Crippen molar-refractivity contribution >= 4 is 29.9 Å². The molecule has 0 aromatic carbocycles. The molecule has 1 saturated heterocycles. The lowest BCUT2D eigenvalue weighted by Crippen LogP contribution is -2.46. The highest BCUT2D eigenvalue weighted by Crippen LogP contribution is 2.27. The average Bonchev–Trinajstić information content (AvgIpc) is 3.32. The Morgan fingerprint density at radius 2 is 2.04 bits per heavy atom. The van der Waals surface area contributed by atoms with Gasteiger partial charge in [0.25, 0.3) is 0 Å². The summed E-state index contributed by atoms with van der Waals surface area (Å²) in [5, 5.41) is 6.87. The molecule has 6 nitrogen and oxygen atoms in total. The summed E-state index contributed by atoms with van der Waals surface area (Å²) in [5.74, 6) is 3.67. The van der Waals surface area contributed by atoms with E-state index < -0.39 is 0 Å².